The maximum atomic E-state index is 12.4. The molecule has 0 spiro atoms. The van der Waals surface area contributed by atoms with Crippen molar-refractivity contribution in [1.29, 1.82) is 0 Å². The van der Waals surface area contributed by atoms with Crippen molar-refractivity contribution in [2.45, 2.75) is 103 Å². The minimum atomic E-state index is -4.84. The average molecular weight is 570 g/mol. The Labute approximate surface area is 222 Å². The zero-order valence-corrected chi connectivity index (χ0v) is 23.6. The number of rotatable bonds is 6. The molecular formula is C22H39N3O12S. The van der Waals surface area contributed by atoms with Gasteiger partial charge in [-0.1, -0.05) is 6.92 Å². The van der Waals surface area contributed by atoms with Gasteiger partial charge in [0.2, 0.25) is 5.96 Å². The molecular weight excluding hydrogens is 530 g/mol. The van der Waals surface area contributed by atoms with Gasteiger partial charge in [0, 0.05) is 19.3 Å². The number of nitrogens with one attached hydrogen (secondary N) is 2. The van der Waals surface area contributed by atoms with Crippen LogP contribution in [0.3, 0.4) is 0 Å². The molecule has 0 saturated carbocycles. The fraction of sp³-hybridized carbons (Fsp3) is 0.818. The number of aliphatic hydroxyl groups excluding tert-OH is 2. The predicted molar refractivity (Wildman–Crippen MR) is 133 cm³/mol. The van der Waals surface area contributed by atoms with Crippen molar-refractivity contribution in [2.24, 2.45) is 10.9 Å². The van der Waals surface area contributed by atoms with Gasteiger partial charge in [0.15, 0.2) is 11.5 Å². The van der Waals surface area contributed by atoms with Crippen LogP contribution in [0.5, 0.6) is 0 Å². The van der Waals surface area contributed by atoms with Crippen LogP contribution >= 0.6 is 0 Å². The van der Waals surface area contributed by atoms with Crippen LogP contribution < -0.4 is 10.6 Å². The molecule has 1 aliphatic heterocycles. The first-order valence-electron chi connectivity index (χ1n) is 11.8. The molecule has 1 aliphatic rings. The molecule has 0 aromatic heterocycles. The van der Waals surface area contributed by atoms with Gasteiger partial charge >= 0.3 is 18.2 Å². The number of carbonyl (C=O) groups is 3. The largest absolute Gasteiger partial charge is 0.457 e. The molecule has 15 nitrogen and oxygen atoms in total. The summed E-state index contributed by atoms with van der Waals surface area (Å²) in [6, 6.07) is -1.11. The van der Waals surface area contributed by atoms with Gasteiger partial charge in [-0.05, 0) is 41.5 Å². The number of hydrogen-bond acceptors (Lipinski definition) is 12. The highest BCUT2D eigenvalue weighted by Gasteiger charge is 2.47. The molecule has 220 valence electrons. The monoisotopic (exact) mass is 569 g/mol. The molecule has 38 heavy (non-hydrogen) atoms. The molecule has 2 amide bonds. The van der Waals surface area contributed by atoms with E-state index in [0.717, 1.165) is 6.92 Å². The van der Waals surface area contributed by atoms with E-state index in [-0.39, 0.29) is 0 Å². The van der Waals surface area contributed by atoms with E-state index >= 15 is 0 Å². The predicted octanol–water partition coefficient (Wildman–Crippen LogP) is 0.684. The van der Waals surface area contributed by atoms with Gasteiger partial charge in [0.1, 0.15) is 23.4 Å². The fourth-order valence-corrected chi connectivity index (χ4v) is 4.16. The normalized spacial score (nSPS) is 23.9. The highest BCUT2D eigenvalue weighted by atomic mass is 32.2. The third-order valence-electron chi connectivity index (χ3n) is 4.93. The fourth-order valence-electron chi connectivity index (χ4n) is 3.45. The maximum Gasteiger partial charge on any atom is 0.414 e. The highest BCUT2D eigenvalue weighted by molar-refractivity contribution is 7.86. The number of esters is 1. The topological polar surface area (TPSA) is 219 Å². The van der Waals surface area contributed by atoms with Gasteiger partial charge in [-0.15, -0.1) is 0 Å². The first-order valence-corrected chi connectivity index (χ1v) is 13.3. The van der Waals surface area contributed by atoms with E-state index in [1.807, 2.05) is 0 Å². The number of aliphatic hydroxyl groups is 2. The summed E-state index contributed by atoms with van der Waals surface area (Å²) < 4.78 is 54.7. The molecule has 6 atom stereocenters. The summed E-state index contributed by atoms with van der Waals surface area (Å²) in [5.74, 6) is -2.17. The number of ether oxygens (including phenoxy) is 4. The van der Waals surface area contributed by atoms with E-state index < -0.39 is 94.2 Å². The Kier molecular flexibility index (Phi) is 11.5. The van der Waals surface area contributed by atoms with Crippen LogP contribution in [0.25, 0.3) is 0 Å². The van der Waals surface area contributed by atoms with Crippen molar-refractivity contribution in [3.63, 3.8) is 0 Å². The van der Waals surface area contributed by atoms with Crippen molar-refractivity contribution in [2.75, 3.05) is 6.61 Å². The third kappa shape index (κ3) is 11.5. The molecule has 0 aromatic rings. The molecule has 1 saturated heterocycles. The second-order valence-electron chi connectivity index (χ2n) is 10.8. The van der Waals surface area contributed by atoms with Crippen LogP contribution in [0, 0.1) is 5.92 Å². The molecule has 16 heteroatoms. The molecule has 0 aliphatic carbocycles. The molecule has 1 heterocycles. The first kappa shape index (κ1) is 33.5. The number of guanidine groups is 1. The van der Waals surface area contributed by atoms with Gasteiger partial charge in [0.05, 0.1) is 12.6 Å². The average Bonchev–Trinajstić information content (AvgIpc) is 2.69. The van der Waals surface area contributed by atoms with Gasteiger partial charge in [-0.3, -0.25) is 20.0 Å². The van der Waals surface area contributed by atoms with Crippen molar-refractivity contribution >= 4 is 34.2 Å². The Bertz CT molecular complexity index is 955. The molecule has 1 fully saturated rings. The van der Waals surface area contributed by atoms with Crippen molar-refractivity contribution < 1.29 is 56.5 Å². The van der Waals surface area contributed by atoms with E-state index in [2.05, 4.69) is 15.6 Å². The first-order chi connectivity index (χ1) is 17.1. The zero-order chi connectivity index (χ0) is 29.6. The van der Waals surface area contributed by atoms with Crippen molar-refractivity contribution in [3.8, 4) is 0 Å². The Balaban J connectivity index is 3.50. The van der Waals surface area contributed by atoms with Gasteiger partial charge < -0.3 is 29.2 Å². The lowest BCUT2D eigenvalue weighted by molar-refractivity contribution is -0.185. The molecule has 0 bridgehead atoms. The second-order valence-corrected chi connectivity index (χ2v) is 12.3. The third-order valence-corrected chi connectivity index (χ3v) is 5.89. The summed E-state index contributed by atoms with van der Waals surface area (Å²) in [6.45, 7) is 11.3. The summed E-state index contributed by atoms with van der Waals surface area (Å²) in [5.41, 5.74) is -3.71. The van der Waals surface area contributed by atoms with Crippen LogP contribution in [0.2, 0.25) is 0 Å². The van der Waals surface area contributed by atoms with Crippen molar-refractivity contribution in [3.05, 3.63) is 0 Å². The van der Waals surface area contributed by atoms with Gasteiger partial charge in [0.25, 0.3) is 10.1 Å². The lowest BCUT2D eigenvalue weighted by atomic mass is 9.86. The number of nitrogens with zero attached hydrogens (tertiary/aromatic N) is 1. The molecule has 5 N–H and O–H groups in total. The second kappa shape index (κ2) is 13.0. The van der Waals surface area contributed by atoms with Gasteiger partial charge in [-0.2, -0.15) is 8.42 Å². The summed E-state index contributed by atoms with van der Waals surface area (Å²) in [6.07, 6.45) is -7.05. The quantitative estimate of drug-likeness (QED) is 0.0980. The molecule has 0 aromatic carbocycles. The Hall–Kier alpha value is -2.53. The number of hydrogen-bond donors (Lipinski definition) is 5. The Morgan fingerprint density at radius 1 is 1.05 bits per heavy atom. The summed E-state index contributed by atoms with van der Waals surface area (Å²) in [5, 5.41) is 24.2. The Morgan fingerprint density at radius 2 is 1.53 bits per heavy atom. The van der Waals surface area contributed by atoms with Crippen LogP contribution in [0.4, 0.5) is 9.59 Å². The van der Waals surface area contributed by atoms with Crippen LogP contribution in [-0.4, -0.2) is 94.9 Å². The smallest absolute Gasteiger partial charge is 0.414 e. The summed E-state index contributed by atoms with van der Waals surface area (Å²) in [7, 11) is -4.84. The lowest BCUT2D eigenvalue weighted by Crippen LogP contribution is -2.56. The van der Waals surface area contributed by atoms with E-state index in [4.69, 9.17) is 18.9 Å². The molecule has 1 rings (SSSR count). The van der Waals surface area contributed by atoms with Gasteiger partial charge in [-0.25, -0.2) is 14.6 Å². The van der Waals surface area contributed by atoms with E-state index in [9.17, 15) is 37.6 Å². The standard InChI is InChI=1S/C22H39N3O12S/c1-11-13(9-15(38(31,32)33)35-16(11)17(14(28)10-26)34-12(2)27)23-18(24-19(29)36-21(3,4)5)25-20(30)37-22(6,7)8/h11,13-17,26,28H,9-10H2,1-8H3,(H,31,32,33)(H2,23,24,25,29,30)/t11-,13+,14-,15-,16-,17-/m1/s1. The Morgan fingerprint density at radius 3 is 1.89 bits per heavy atom. The molecule has 0 unspecified atom stereocenters. The maximum absolute atomic E-state index is 12.4. The summed E-state index contributed by atoms with van der Waals surface area (Å²) in [4.78, 5) is 40.8. The number of carbonyl (C=O) groups excluding carboxylic acids is 3. The van der Waals surface area contributed by atoms with Crippen LogP contribution in [0.15, 0.2) is 4.99 Å². The van der Waals surface area contributed by atoms with Crippen LogP contribution in [0.1, 0.15) is 61.8 Å². The van der Waals surface area contributed by atoms with E-state index in [1.54, 1.807) is 41.5 Å². The zero-order valence-electron chi connectivity index (χ0n) is 22.7. The lowest BCUT2D eigenvalue weighted by Gasteiger charge is -2.41. The SMILES string of the molecule is CC(=O)O[C@@H]([C@@H]1O[C@H](S(=O)(=O)O)C[C@H](N=C(NC(=O)OC(C)(C)C)NC(=O)OC(C)(C)C)[C@H]1C)[C@H](O)CO. The van der Waals surface area contributed by atoms with Crippen LogP contribution in [-0.2, 0) is 33.9 Å². The highest BCUT2D eigenvalue weighted by Crippen LogP contribution is 2.33. The number of aliphatic imine (C=N–C) groups is 1. The number of alkyl carbamates (subject to hydrolysis) is 2. The van der Waals surface area contributed by atoms with Crippen molar-refractivity contribution in [1.82, 2.24) is 10.6 Å². The van der Waals surface area contributed by atoms with E-state index in [1.165, 1.54) is 6.92 Å². The van der Waals surface area contributed by atoms with E-state index in [0.29, 0.717) is 0 Å². The number of amides is 2. The summed E-state index contributed by atoms with van der Waals surface area (Å²) >= 11 is 0. The minimum absolute atomic E-state index is 0.450. The minimum Gasteiger partial charge on any atom is -0.457 e. The molecule has 0 radical (unpaired) electrons.